The van der Waals surface area contributed by atoms with Crippen molar-refractivity contribution in [2.75, 3.05) is 17.9 Å². The number of carbonyl (C=O) groups excluding carboxylic acids is 2. The van der Waals surface area contributed by atoms with Crippen molar-refractivity contribution in [3.63, 3.8) is 0 Å². The van der Waals surface area contributed by atoms with Gasteiger partial charge in [-0.2, -0.15) is 13.2 Å². The Bertz CT molecular complexity index is 1400. The summed E-state index contributed by atoms with van der Waals surface area (Å²) in [7, 11) is -3.07. The number of likely N-dealkylation sites (N-methyl/N-ethyl adjacent to an activating group) is 1. The van der Waals surface area contributed by atoms with Crippen molar-refractivity contribution in [3.8, 4) is 0 Å². The smallest absolute Gasteiger partial charge is 0.357 e. The second-order valence-corrected chi connectivity index (χ2v) is 10.9. The summed E-state index contributed by atoms with van der Waals surface area (Å²) in [4.78, 5) is 27.5. The van der Waals surface area contributed by atoms with Crippen LogP contribution in [0.5, 0.6) is 0 Å². The zero-order valence-electron chi connectivity index (χ0n) is 21.2. The second-order valence-electron chi connectivity index (χ2n) is 8.56. The van der Waals surface area contributed by atoms with Gasteiger partial charge < -0.3 is 10.2 Å². The fourth-order valence-electron chi connectivity index (χ4n) is 3.96. The molecule has 3 aromatic carbocycles. The van der Waals surface area contributed by atoms with Crippen molar-refractivity contribution in [2.45, 2.75) is 37.0 Å². The first kappa shape index (κ1) is 30.0. The van der Waals surface area contributed by atoms with Crippen LogP contribution in [0, 0.1) is 0 Å². The second kappa shape index (κ2) is 12.5. The minimum absolute atomic E-state index is 0.0657. The summed E-state index contributed by atoms with van der Waals surface area (Å²) in [6.45, 7) is 0.775. The summed E-state index contributed by atoms with van der Waals surface area (Å²) in [6, 6.07) is 16.4. The largest absolute Gasteiger partial charge is 0.416 e. The molecule has 0 aromatic heterocycles. The van der Waals surface area contributed by atoms with Crippen LogP contribution in [0.1, 0.15) is 24.5 Å². The molecule has 0 aliphatic heterocycles. The van der Waals surface area contributed by atoms with Gasteiger partial charge in [-0.05, 0) is 54.4 Å². The molecule has 0 bridgehead atoms. The van der Waals surface area contributed by atoms with Crippen molar-refractivity contribution in [3.05, 3.63) is 95.0 Å². The van der Waals surface area contributed by atoms with E-state index in [0.717, 1.165) is 12.1 Å². The predicted octanol–water partition coefficient (Wildman–Crippen LogP) is 5.11. The Balaban J connectivity index is 2.10. The van der Waals surface area contributed by atoms with Gasteiger partial charge in [0.05, 0.1) is 16.1 Å². The summed E-state index contributed by atoms with van der Waals surface area (Å²) < 4.78 is 68.4. The first-order chi connectivity index (χ1) is 18.4. The van der Waals surface area contributed by atoms with Crippen LogP contribution in [-0.2, 0) is 32.3 Å². The fraction of sp³-hybridized carbons (Fsp3) is 0.259. The quantitative estimate of drug-likeness (QED) is 0.361. The number of benzene rings is 3. The predicted molar refractivity (Wildman–Crippen MR) is 143 cm³/mol. The van der Waals surface area contributed by atoms with Gasteiger partial charge in [0, 0.05) is 18.6 Å². The molecule has 0 fully saturated rings. The molecule has 0 aliphatic rings. The van der Waals surface area contributed by atoms with E-state index in [4.69, 9.17) is 11.6 Å². The van der Waals surface area contributed by atoms with E-state index in [1.165, 1.54) is 42.3 Å². The summed E-state index contributed by atoms with van der Waals surface area (Å²) in [5.41, 5.74) is -0.802. The lowest BCUT2D eigenvalue weighted by atomic mass is 10.1. The zero-order chi connectivity index (χ0) is 28.8. The van der Waals surface area contributed by atoms with Gasteiger partial charge in [0.2, 0.25) is 11.8 Å². The van der Waals surface area contributed by atoms with Gasteiger partial charge in [-0.25, -0.2) is 8.42 Å². The maximum atomic E-state index is 13.8. The molecular weight excluding hydrogens is 555 g/mol. The normalized spacial score (nSPS) is 12.5. The molecule has 0 spiro atoms. The molecule has 0 aliphatic carbocycles. The molecule has 1 atom stereocenters. The van der Waals surface area contributed by atoms with E-state index in [-0.39, 0.29) is 23.5 Å². The summed E-state index contributed by atoms with van der Waals surface area (Å²) in [5.74, 6) is -1.26. The van der Waals surface area contributed by atoms with Crippen molar-refractivity contribution in [2.24, 2.45) is 0 Å². The highest BCUT2D eigenvalue weighted by atomic mass is 35.5. The zero-order valence-corrected chi connectivity index (χ0v) is 22.7. The van der Waals surface area contributed by atoms with Crippen LogP contribution in [0.3, 0.4) is 0 Å². The molecule has 0 saturated carbocycles. The number of hydrogen-bond donors (Lipinski definition) is 1. The molecule has 0 radical (unpaired) electrons. The van der Waals surface area contributed by atoms with E-state index >= 15 is 0 Å². The van der Waals surface area contributed by atoms with Crippen LogP contribution in [0.4, 0.5) is 18.9 Å². The number of nitrogens with one attached hydrogen (secondary N) is 1. The van der Waals surface area contributed by atoms with E-state index in [1.807, 2.05) is 0 Å². The number of nitrogens with zero attached hydrogens (tertiary/aromatic N) is 2. The average Bonchev–Trinajstić information content (AvgIpc) is 2.92. The van der Waals surface area contributed by atoms with Crippen LogP contribution in [0.15, 0.2) is 83.8 Å². The van der Waals surface area contributed by atoms with Crippen LogP contribution in [0.25, 0.3) is 0 Å². The van der Waals surface area contributed by atoms with Crippen LogP contribution in [0.2, 0.25) is 5.02 Å². The molecule has 2 amide bonds. The maximum absolute atomic E-state index is 13.8. The number of carbonyl (C=O) groups is 2. The number of anilines is 1. The molecule has 12 heteroatoms. The van der Waals surface area contributed by atoms with E-state index in [0.29, 0.717) is 21.0 Å². The Morgan fingerprint density at radius 2 is 1.62 bits per heavy atom. The third-order valence-corrected chi connectivity index (χ3v) is 8.01. The van der Waals surface area contributed by atoms with Gasteiger partial charge in [-0.15, -0.1) is 0 Å². The molecule has 3 rings (SSSR count). The molecule has 7 nitrogen and oxygen atoms in total. The van der Waals surface area contributed by atoms with Crippen molar-refractivity contribution < 1.29 is 31.2 Å². The Hall–Kier alpha value is -3.57. The van der Waals surface area contributed by atoms with Crippen molar-refractivity contribution in [1.82, 2.24) is 10.2 Å². The summed E-state index contributed by atoms with van der Waals surface area (Å²) in [6.07, 6.45) is -4.54. The lowest BCUT2D eigenvalue weighted by molar-refractivity contribution is -0.140. The SMILES string of the molecule is CCC(C(=O)NC)N(Cc1ccc(Cl)cc1)C(=O)CN(c1cccc(C(F)(F)F)c1)S(=O)(=O)c1ccccc1. The van der Waals surface area contributed by atoms with Gasteiger partial charge in [0.1, 0.15) is 12.6 Å². The highest BCUT2D eigenvalue weighted by Crippen LogP contribution is 2.33. The number of halogens is 4. The molecular formula is C27H27ClF3N3O4S. The molecule has 3 aromatic rings. The summed E-state index contributed by atoms with van der Waals surface area (Å²) >= 11 is 5.97. The van der Waals surface area contributed by atoms with Gasteiger partial charge in [0.25, 0.3) is 10.0 Å². The first-order valence-electron chi connectivity index (χ1n) is 11.9. The molecule has 1 unspecified atom stereocenters. The standard InChI is InChI=1S/C27H27ClF3N3O4S/c1-3-24(26(36)32-2)33(17-19-12-14-21(28)15-13-19)25(35)18-34(39(37,38)23-10-5-4-6-11-23)22-9-7-8-20(16-22)27(29,30)31/h4-16,24H,3,17-18H2,1-2H3,(H,32,36). The highest BCUT2D eigenvalue weighted by molar-refractivity contribution is 7.92. The number of rotatable bonds is 10. The maximum Gasteiger partial charge on any atom is 0.416 e. The Kier molecular flexibility index (Phi) is 9.63. The van der Waals surface area contributed by atoms with E-state index in [9.17, 15) is 31.2 Å². The third kappa shape index (κ3) is 7.30. The number of hydrogen-bond acceptors (Lipinski definition) is 4. The number of amides is 2. The van der Waals surface area contributed by atoms with Gasteiger partial charge in [-0.1, -0.05) is 54.9 Å². The monoisotopic (exact) mass is 581 g/mol. The van der Waals surface area contributed by atoms with Crippen molar-refractivity contribution in [1.29, 1.82) is 0 Å². The third-order valence-electron chi connectivity index (χ3n) is 5.97. The molecule has 208 valence electrons. The Morgan fingerprint density at radius 1 is 0.974 bits per heavy atom. The molecule has 39 heavy (non-hydrogen) atoms. The number of alkyl halides is 3. The van der Waals surface area contributed by atoms with Crippen molar-refractivity contribution >= 4 is 39.1 Å². The van der Waals surface area contributed by atoms with Gasteiger partial charge in [0.15, 0.2) is 0 Å². The minimum Gasteiger partial charge on any atom is -0.357 e. The Morgan fingerprint density at radius 3 is 2.18 bits per heavy atom. The van der Waals surface area contributed by atoms with Gasteiger partial charge >= 0.3 is 6.18 Å². The number of sulfonamides is 1. The topological polar surface area (TPSA) is 86.8 Å². The van der Waals surface area contributed by atoms with E-state index < -0.39 is 46.2 Å². The van der Waals surface area contributed by atoms with E-state index in [1.54, 1.807) is 37.3 Å². The van der Waals surface area contributed by atoms with Gasteiger partial charge in [-0.3, -0.25) is 13.9 Å². The van der Waals surface area contributed by atoms with Crippen LogP contribution >= 0.6 is 11.6 Å². The lowest BCUT2D eigenvalue weighted by Gasteiger charge is -2.33. The van der Waals surface area contributed by atoms with Crippen LogP contribution in [-0.4, -0.2) is 44.8 Å². The van der Waals surface area contributed by atoms with E-state index in [2.05, 4.69) is 5.32 Å². The molecule has 0 heterocycles. The van der Waals surface area contributed by atoms with Crippen LogP contribution < -0.4 is 9.62 Å². The fourth-order valence-corrected chi connectivity index (χ4v) is 5.51. The Labute approximate surface area is 230 Å². The molecule has 1 N–H and O–H groups in total. The minimum atomic E-state index is -4.74. The average molecular weight is 582 g/mol. The summed E-state index contributed by atoms with van der Waals surface area (Å²) in [5, 5.41) is 2.96. The first-order valence-corrected chi connectivity index (χ1v) is 13.7. The highest BCUT2D eigenvalue weighted by Gasteiger charge is 2.35. The lowest BCUT2D eigenvalue weighted by Crippen LogP contribution is -2.51. The molecule has 0 saturated heterocycles.